The van der Waals surface area contributed by atoms with Crippen LogP contribution in [0.5, 0.6) is 0 Å². The smallest absolute Gasteiger partial charge is 0.269 e. The zero-order valence-corrected chi connectivity index (χ0v) is 11.6. The fraction of sp³-hybridized carbons (Fsp3) is 0.571. The minimum Gasteiger partial charge on any atom is -0.387 e. The van der Waals surface area contributed by atoms with Crippen molar-refractivity contribution in [3.63, 3.8) is 0 Å². The number of nitrogens with zero attached hydrogens (tertiary/aromatic N) is 2. The van der Waals surface area contributed by atoms with E-state index in [1.807, 2.05) is 0 Å². The van der Waals surface area contributed by atoms with Crippen molar-refractivity contribution in [3.8, 4) is 0 Å². The summed E-state index contributed by atoms with van der Waals surface area (Å²) in [6, 6.07) is 6.52. The van der Waals surface area contributed by atoms with Gasteiger partial charge in [-0.15, -0.1) is 0 Å². The number of ether oxygens (including phenoxy) is 1. The van der Waals surface area contributed by atoms with Crippen LogP contribution in [-0.2, 0) is 4.74 Å². The van der Waals surface area contributed by atoms with Crippen molar-refractivity contribution in [2.75, 3.05) is 26.3 Å². The molecule has 1 fully saturated rings. The first kappa shape index (κ1) is 14.9. The third-order valence-electron chi connectivity index (χ3n) is 3.70. The molecule has 0 radical (unpaired) electrons. The highest BCUT2D eigenvalue weighted by Crippen LogP contribution is 2.21. The van der Waals surface area contributed by atoms with Crippen molar-refractivity contribution in [1.82, 2.24) is 4.90 Å². The van der Waals surface area contributed by atoms with Gasteiger partial charge in [0.25, 0.3) is 5.69 Å². The van der Waals surface area contributed by atoms with Gasteiger partial charge < -0.3 is 9.84 Å². The van der Waals surface area contributed by atoms with Gasteiger partial charge in [-0.2, -0.15) is 0 Å². The first-order valence-electron chi connectivity index (χ1n) is 6.82. The first-order chi connectivity index (χ1) is 9.58. The van der Waals surface area contributed by atoms with Crippen molar-refractivity contribution in [2.24, 2.45) is 0 Å². The Labute approximate surface area is 118 Å². The van der Waals surface area contributed by atoms with Gasteiger partial charge in [-0.3, -0.25) is 15.0 Å². The van der Waals surface area contributed by atoms with Gasteiger partial charge >= 0.3 is 0 Å². The van der Waals surface area contributed by atoms with E-state index < -0.39 is 11.0 Å². The van der Waals surface area contributed by atoms with Gasteiger partial charge in [-0.1, -0.05) is 12.1 Å². The van der Waals surface area contributed by atoms with Crippen molar-refractivity contribution in [2.45, 2.75) is 25.5 Å². The Bertz CT molecular complexity index is 466. The molecule has 2 rings (SSSR count). The van der Waals surface area contributed by atoms with E-state index in [4.69, 9.17) is 4.74 Å². The Morgan fingerprint density at radius 2 is 2.35 bits per heavy atom. The Kier molecular flexibility index (Phi) is 5.05. The molecule has 0 bridgehead atoms. The molecule has 1 N–H and O–H groups in total. The average Bonchev–Trinajstić information content (AvgIpc) is 2.64. The number of nitro benzene ring substituents is 1. The van der Waals surface area contributed by atoms with Crippen molar-refractivity contribution in [3.05, 3.63) is 39.9 Å². The molecule has 2 unspecified atom stereocenters. The number of benzene rings is 1. The lowest BCUT2D eigenvalue weighted by Crippen LogP contribution is -2.37. The van der Waals surface area contributed by atoms with Gasteiger partial charge in [0.2, 0.25) is 0 Å². The number of nitro groups is 1. The van der Waals surface area contributed by atoms with E-state index in [0.717, 1.165) is 19.6 Å². The topological polar surface area (TPSA) is 75.8 Å². The van der Waals surface area contributed by atoms with Crippen LogP contribution in [0.3, 0.4) is 0 Å². The van der Waals surface area contributed by atoms with E-state index in [1.54, 1.807) is 12.1 Å². The van der Waals surface area contributed by atoms with Crippen LogP contribution in [0.25, 0.3) is 0 Å². The number of non-ortho nitro benzene ring substituents is 1. The third kappa shape index (κ3) is 3.75. The second kappa shape index (κ2) is 6.78. The molecule has 20 heavy (non-hydrogen) atoms. The summed E-state index contributed by atoms with van der Waals surface area (Å²) in [5, 5.41) is 21.0. The number of hydrogen-bond donors (Lipinski definition) is 1. The highest BCUT2D eigenvalue weighted by molar-refractivity contribution is 5.35. The molecule has 2 atom stereocenters. The molecule has 1 heterocycles. The van der Waals surface area contributed by atoms with Crippen LogP contribution in [0.15, 0.2) is 24.3 Å². The summed E-state index contributed by atoms with van der Waals surface area (Å²) in [5.74, 6) is 0. The lowest BCUT2D eigenvalue weighted by molar-refractivity contribution is -0.385. The molecule has 0 spiro atoms. The quantitative estimate of drug-likeness (QED) is 0.671. The zero-order chi connectivity index (χ0) is 14.5. The van der Waals surface area contributed by atoms with Gasteiger partial charge in [0.15, 0.2) is 0 Å². The normalized spacial score (nSPS) is 22.2. The lowest BCUT2D eigenvalue weighted by Gasteiger charge is -2.28. The van der Waals surface area contributed by atoms with Gasteiger partial charge in [0.05, 0.1) is 17.6 Å². The summed E-state index contributed by atoms with van der Waals surface area (Å²) in [6.07, 6.45) is 0.206. The third-order valence-corrected chi connectivity index (χ3v) is 3.70. The predicted molar refractivity (Wildman–Crippen MR) is 74.5 cm³/mol. The highest BCUT2D eigenvalue weighted by atomic mass is 16.6. The Hall–Kier alpha value is -1.50. The number of aliphatic hydroxyl groups excluding tert-OH is 1. The fourth-order valence-corrected chi connectivity index (χ4v) is 2.39. The van der Waals surface area contributed by atoms with Crippen molar-refractivity contribution in [1.29, 1.82) is 0 Å². The summed E-state index contributed by atoms with van der Waals surface area (Å²) < 4.78 is 5.42. The Morgan fingerprint density at radius 3 is 3.10 bits per heavy atom. The molecule has 0 amide bonds. The molecule has 0 aromatic heterocycles. The standard InChI is InChI=1S/C14H20N2O4/c1-11-5-7-20-8-6-15(11)10-14(17)12-3-2-4-13(9-12)16(18)19/h2-4,9,11,14,17H,5-8,10H2,1H3. The summed E-state index contributed by atoms with van der Waals surface area (Å²) in [5.41, 5.74) is 0.588. The lowest BCUT2D eigenvalue weighted by atomic mass is 10.1. The molecule has 110 valence electrons. The van der Waals surface area contributed by atoms with Gasteiger partial charge in [-0.05, 0) is 18.9 Å². The van der Waals surface area contributed by atoms with Crippen LogP contribution in [0.4, 0.5) is 5.69 Å². The largest absolute Gasteiger partial charge is 0.387 e. The van der Waals surface area contributed by atoms with Crippen LogP contribution >= 0.6 is 0 Å². The summed E-state index contributed by atoms with van der Waals surface area (Å²) in [4.78, 5) is 12.5. The zero-order valence-electron chi connectivity index (χ0n) is 11.6. The first-order valence-corrected chi connectivity index (χ1v) is 6.82. The van der Waals surface area contributed by atoms with Crippen molar-refractivity contribution >= 4 is 5.69 Å². The average molecular weight is 280 g/mol. The number of hydrogen-bond acceptors (Lipinski definition) is 5. The summed E-state index contributed by atoms with van der Waals surface area (Å²) >= 11 is 0. The Balaban J connectivity index is 2.05. The summed E-state index contributed by atoms with van der Waals surface area (Å²) in [6.45, 7) is 4.74. The summed E-state index contributed by atoms with van der Waals surface area (Å²) in [7, 11) is 0. The van der Waals surface area contributed by atoms with Crippen LogP contribution in [0.1, 0.15) is 25.0 Å². The molecule has 0 saturated carbocycles. The van der Waals surface area contributed by atoms with E-state index in [2.05, 4.69) is 11.8 Å². The van der Waals surface area contributed by atoms with Crippen LogP contribution in [0.2, 0.25) is 0 Å². The number of aliphatic hydroxyl groups is 1. The molecule has 6 nitrogen and oxygen atoms in total. The molecule has 6 heteroatoms. The molecule has 1 saturated heterocycles. The van der Waals surface area contributed by atoms with Crippen LogP contribution in [0, 0.1) is 10.1 Å². The molecule has 1 aromatic carbocycles. The minimum atomic E-state index is -0.726. The number of β-amino-alcohol motifs (C(OH)–C–C–N with tert-alkyl or cyclic N) is 1. The van der Waals surface area contributed by atoms with Crippen LogP contribution in [-0.4, -0.2) is 47.3 Å². The monoisotopic (exact) mass is 280 g/mol. The fourth-order valence-electron chi connectivity index (χ4n) is 2.39. The molecule has 0 aliphatic carbocycles. The van der Waals surface area contributed by atoms with Gasteiger partial charge in [0.1, 0.15) is 0 Å². The molecule has 1 aliphatic heterocycles. The van der Waals surface area contributed by atoms with Gasteiger partial charge in [-0.25, -0.2) is 0 Å². The highest BCUT2D eigenvalue weighted by Gasteiger charge is 2.21. The molecule has 1 aromatic rings. The second-order valence-corrected chi connectivity index (χ2v) is 5.11. The van der Waals surface area contributed by atoms with E-state index in [1.165, 1.54) is 12.1 Å². The van der Waals surface area contributed by atoms with E-state index in [9.17, 15) is 15.2 Å². The molecular weight excluding hydrogens is 260 g/mol. The van der Waals surface area contributed by atoms with Crippen LogP contribution < -0.4 is 0 Å². The van der Waals surface area contributed by atoms with E-state index in [-0.39, 0.29) is 5.69 Å². The van der Waals surface area contributed by atoms with Crippen molar-refractivity contribution < 1.29 is 14.8 Å². The molecular formula is C14H20N2O4. The maximum absolute atomic E-state index is 10.8. The van der Waals surface area contributed by atoms with Gasteiger partial charge in [0, 0.05) is 37.9 Å². The Morgan fingerprint density at radius 1 is 1.55 bits per heavy atom. The predicted octanol–water partition coefficient (Wildman–Crippen LogP) is 1.74. The van der Waals surface area contributed by atoms with E-state index in [0.29, 0.717) is 24.8 Å². The maximum Gasteiger partial charge on any atom is 0.269 e. The second-order valence-electron chi connectivity index (χ2n) is 5.11. The SMILES string of the molecule is CC1CCOCCN1CC(O)c1cccc([N+](=O)[O-])c1. The maximum atomic E-state index is 10.8. The number of rotatable bonds is 4. The molecule has 1 aliphatic rings. The van der Waals surface area contributed by atoms with E-state index >= 15 is 0 Å². The minimum absolute atomic E-state index is 0.00815.